The van der Waals surface area contributed by atoms with E-state index in [2.05, 4.69) is 25.8 Å². The summed E-state index contributed by atoms with van der Waals surface area (Å²) >= 11 is 4.12. The highest BCUT2D eigenvalue weighted by Crippen LogP contribution is 2.48. The first-order valence-electron chi connectivity index (χ1n) is 10.8. The summed E-state index contributed by atoms with van der Waals surface area (Å²) in [5, 5.41) is 24.5. The van der Waals surface area contributed by atoms with E-state index in [-0.39, 0.29) is 29.4 Å². The van der Waals surface area contributed by atoms with Crippen LogP contribution in [0, 0.1) is 23.7 Å². The standard InChI is InChI=1S/C22H21N5O4S3/c1-2-16-26-27-21(34-16)25-15(28)9-32-22-24-13-6-5-12(8-14(13)33-22)23-19(29)17-10-3-4-11(7-10)18(17)20(30)31/h3-6,8,10-11,17-18H,2,7,9H2,1H3,(H,23,29)(H,30,31)(H,25,27,28)/t10-,11-,17+,18-/m0/s1. The summed E-state index contributed by atoms with van der Waals surface area (Å²) in [5.41, 5.74) is 1.38. The highest BCUT2D eigenvalue weighted by atomic mass is 32.2. The number of carbonyl (C=O) groups is 3. The predicted octanol–water partition coefficient (Wildman–Crippen LogP) is 3.90. The minimum Gasteiger partial charge on any atom is -0.481 e. The molecule has 12 heteroatoms. The van der Waals surface area contributed by atoms with Crippen molar-refractivity contribution in [2.75, 3.05) is 16.4 Å². The van der Waals surface area contributed by atoms with Crippen molar-refractivity contribution in [2.45, 2.75) is 24.1 Å². The maximum Gasteiger partial charge on any atom is 0.307 e. The molecule has 9 nitrogen and oxygen atoms in total. The van der Waals surface area contributed by atoms with Gasteiger partial charge in [-0.1, -0.05) is 42.2 Å². The van der Waals surface area contributed by atoms with Crippen LogP contribution in [0.1, 0.15) is 18.4 Å². The number of aliphatic carboxylic acids is 1. The Hall–Kier alpha value is -2.83. The second-order valence-corrected chi connectivity index (χ2v) is 11.5. The van der Waals surface area contributed by atoms with E-state index in [4.69, 9.17) is 0 Å². The maximum absolute atomic E-state index is 12.9. The van der Waals surface area contributed by atoms with Crippen molar-refractivity contribution >= 4 is 73.3 Å². The van der Waals surface area contributed by atoms with Crippen LogP contribution in [0.3, 0.4) is 0 Å². The van der Waals surface area contributed by atoms with E-state index in [1.54, 1.807) is 6.07 Å². The van der Waals surface area contributed by atoms with Crippen molar-refractivity contribution < 1.29 is 19.5 Å². The third-order valence-corrected chi connectivity index (χ3v) is 9.17. The molecule has 2 amide bonds. The summed E-state index contributed by atoms with van der Waals surface area (Å²) in [5.74, 6) is -2.50. The number of allylic oxidation sites excluding steroid dienone is 2. The fourth-order valence-corrected chi connectivity index (χ4v) is 7.12. The average molecular weight is 516 g/mol. The Kier molecular flexibility index (Phi) is 6.36. The third kappa shape index (κ3) is 4.57. The summed E-state index contributed by atoms with van der Waals surface area (Å²) in [6.45, 7) is 1.98. The number of hydrogen-bond donors (Lipinski definition) is 3. The monoisotopic (exact) mass is 515 g/mol. The van der Waals surface area contributed by atoms with Gasteiger partial charge in [0.1, 0.15) is 5.01 Å². The Morgan fingerprint density at radius 1 is 1.12 bits per heavy atom. The number of aryl methyl sites for hydroxylation is 1. The molecule has 1 aromatic carbocycles. The van der Waals surface area contributed by atoms with Crippen molar-refractivity contribution in [1.29, 1.82) is 0 Å². The first-order chi connectivity index (χ1) is 16.4. The summed E-state index contributed by atoms with van der Waals surface area (Å²) in [6.07, 6.45) is 5.38. The number of nitrogens with one attached hydrogen (secondary N) is 2. The Labute approximate surface area is 207 Å². The van der Waals surface area contributed by atoms with Gasteiger partial charge in [-0.15, -0.1) is 21.5 Å². The number of nitrogens with zero attached hydrogens (tertiary/aromatic N) is 3. The van der Waals surface area contributed by atoms with E-state index in [0.29, 0.717) is 10.8 Å². The van der Waals surface area contributed by atoms with Gasteiger partial charge in [0.15, 0.2) is 4.34 Å². The van der Waals surface area contributed by atoms with Crippen LogP contribution >= 0.6 is 34.4 Å². The zero-order valence-corrected chi connectivity index (χ0v) is 20.5. The minimum atomic E-state index is -0.919. The van der Waals surface area contributed by atoms with Gasteiger partial charge < -0.3 is 10.4 Å². The molecule has 0 unspecified atom stereocenters. The van der Waals surface area contributed by atoms with Crippen LogP contribution in [0.2, 0.25) is 0 Å². The van der Waals surface area contributed by atoms with Gasteiger partial charge in [0.25, 0.3) is 0 Å². The fraction of sp³-hybridized carbons (Fsp3) is 0.364. The largest absolute Gasteiger partial charge is 0.481 e. The number of carboxylic acids is 1. The summed E-state index contributed by atoms with van der Waals surface area (Å²) < 4.78 is 1.62. The molecule has 0 radical (unpaired) electrons. The highest BCUT2D eigenvalue weighted by molar-refractivity contribution is 8.01. The van der Waals surface area contributed by atoms with Crippen LogP contribution < -0.4 is 10.6 Å². The molecule has 5 rings (SSSR count). The van der Waals surface area contributed by atoms with Gasteiger partial charge in [0, 0.05) is 5.69 Å². The van der Waals surface area contributed by atoms with E-state index < -0.39 is 17.8 Å². The number of thioether (sulfide) groups is 1. The average Bonchev–Trinajstić information content (AvgIpc) is 3.59. The van der Waals surface area contributed by atoms with Crippen molar-refractivity contribution in [1.82, 2.24) is 15.2 Å². The molecule has 2 aromatic heterocycles. The Bertz CT molecular complexity index is 1300. The summed E-state index contributed by atoms with van der Waals surface area (Å²) in [4.78, 5) is 41.4. The molecule has 4 atom stereocenters. The van der Waals surface area contributed by atoms with Gasteiger partial charge in [0.05, 0.1) is 27.8 Å². The number of anilines is 2. The van der Waals surface area contributed by atoms with Crippen LogP contribution in [0.5, 0.6) is 0 Å². The van der Waals surface area contributed by atoms with Gasteiger partial charge in [-0.3, -0.25) is 19.7 Å². The number of aromatic nitrogens is 3. The third-order valence-electron chi connectivity index (χ3n) is 6.03. The highest BCUT2D eigenvalue weighted by Gasteiger charge is 2.51. The summed E-state index contributed by atoms with van der Waals surface area (Å²) in [6, 6.07) is 5.41. The molecular formula is C22H21N5O4S3. The maximum atomic E-state index is 12.9. The molecule has 3 aromatic rings. The van der Waals surface area contributed by atoms with Crippen LogP contribution in [0.15, 0.2) is 34.7 Å². The van der Waals surface area contributed by atoms with Gasteiger partial charge >= 0.3 is 5.97 Å². The van der Waals surface area contributed by atoms with E-state index in [1.165, 1.54) is 34.4 Å². The first kappa shape index (κ1) is 22.9. The van der Waals surface area contributed by atoms with Crippen LogP contribution in [0.4, 0.5) is 10.8 Å². The van der Waals surface area contributed by atoms with Crippen LogP contribution in [0.25, 0.3) is 10.2 Å². The summed E-state index contributed by atoms with van der Waals surface area (Å²) in [7, 11) is 0. The quantitative estimate of drug-likeness (QED) is 0.304. The number of carboxylic acid groups (broad SMARTS) is 1. The smallest absolute Gasteiger partial charge is 0.307 e. The molecule has 0 aliphatic heterocycles. The van der Waals surface area contributed by atoms with Gasteiger partial charge in [0.2, 0.25) is 16.9 Å². The number of thiazole rings is 1. The van der Waals surface area contributed by atoms with Crippen molar-refractivity contribution in [3.05, 3.63) is 35.4 Å². The number of hydrogen-bond acceptors (Lipinski definition) is 9. The minimum absolute atomic E-state index is 0.0268. The van der Waals surface area contributed by atoms with Crippen molar-refractivity contribution in [2.24, 2.45) is 23.7 Å². The van der Waals surface area contributed by atoms with Crippen LogP contribution in [-0.2, 0) is 20.8 Å². The zero-order valence-electron chi connectivity index (χ0n) is 18.1. The Morgan fingerprint density at radius 3 is 2.65 bits per heavy atom. The Morgan fingerprint density at radius 2 is 1.91 bits per heavy atom. The van der Waals surface area contributed by atoms with Gasteiger partial charge in [-0.2, -0.15) is 0 Å². The molecule has 1 fully saturated rings. The molecule has 0 saturated heterocycles. The molecular weight excluding hydrogens is 494 g/mol. The number of rotatable bonds is 8. The van der Waals surface area contributed by atoms with Crippen molar-refractivity contribution in [3.63, 3.8) is 0 Å². The van der Waals surface area contributed by atoms with E-state index in [0.717, 1.165) is 32.4 Å². The second-order valence-electron chi connectivity index (χ2n) is 8.18. The number of fused-ring (bicyclic) bond motifs is 3. The second kappa shape index (κ2) is 9.43. The lowest BCUT2D eigenvalue weighted by Gasteiger charge is -2.23. The van der Waals surface area contributed by atoms with E-state index >= 15 is 0 Å². The lowest BCUT2D eigenvalue weighted by Crippen LogP contribution is -2.36. The number of carbonyl (C=O) groups excluding carboxylic acids is 2. The predicted molar refractivity (Wildman–Crippen MR) is 132 cm³/mol. The number of benzene rings is 1. The van der Waals surface area contributed by atoms with Gasteiger partial charge in [-0.05, 0) is 42.9 Å². The van der Waals surface area contributed by atoms with E-state index in [1.807, 2.05) is 31.2 Å². The normalized spacial score (nSPS) is 22.9. The lowest BCUT2D eigenvalue weighted by atomic mass is 9.82. The SMILES string of the molecule is CCc1nnc(NC(=O)CSc2nc3ccc(NC(=O)[C@H]4[C@@H](C(=O)O)[C@H]5C=C[C@H]4C5)cc3s2)s1. The molecule has 3 N–H and O–H groups in total. The zero-order chi connectivity index (χ0) is 23.8. The molecule has 176 valence electrons. The molecule has 2 bridgehead atoms. The molecule has 2 aliphatic carbocycles. The topological polar surface area (TPSA) is 134 Å². The Balaban J connectivity index is 1.21. The molecule has 2 aliphatic rings. The lowest BCUT2D eigenvalue weighted by molar-refractivity contribution is -0.146. The fourth-order valence-electron chi connectivity index (χ4n) is 4.51. The molecule has 2 heterocycles. The van der Waals surface area contributed by atoms with Gasteiger partial charge in [-0.25, -0.2) is 4.98 Å². The molecule has 34 heavy (non-hydrogen) atoms. The first-order valence-corrected chi connectivity index (χ1v) is 13.4. The number of amides is 2. The van der Waals surface area contributed by atoms with E-state index in [9.17, 15) is 19.5 Å². The van der Waals surface area contributed by atoms with Crippen molar-refractivity contribution in [3.8, 4) is 0 Å². The molecule has 1 saturated carbocycles. The van der Waals surface area contributed by atoms with Crippen LogP contribution in [-0.4, -0.2) is 43.8 Å². The molecule has 0 spiro atoms.